The van der Waals surface area contributed by atoms with Gasteiger partial charge in [-0.15, -0.1) is 0 Å². The van der Waals surface area contributed by atoms with E-state index in [1.54, 1.807) is 0 Å². The fourth-order valence-corrected chi connectivity index (χ4v) is 12.6. The topological polar surface area (TPSA) is 0 Å². The molecule has 2 aliphatic carbocycles. The number of benzene rings is 13. The highest BCUT2D eigenvalue weighted by atomic mass is 14.5. The molecule has 0 radical (unpaired) electrons. The molecule has 0 unspecified atom stereocenters. The van der Waals surface area contributed by atoms with E-state index in [1.807, 2.05) is 0 Å². The molecule has 0 heterocycles. The number of rotatable bonds is 4. The first kappa shape index (κ1) is 35.4. The average Bonchev–Trinajstić information content (AvgIpc) is 3.89. The third kappa shape index (κ3) is 4.97. The minimum Gasteiger partial charge on any atom is -0.0620 e. The molecule has 0 fully saturated rings. The van der Waals surface area contributed by atoms with Crippen molar-refractivity contribution in [2.24, 2.45) is 0 Å². The largest absolute Gasteiger partial charge is 0.0620 e. The molecule has 65 heavy (non-hydrogen) atoms. The van der Waals surface area contributed by atoms with Crippen LogP contribution in [0.3, 0.4) is 0 Å². The van der Waals surface area contributed by atoms with Crippen LogP contribution in [0, 0.1) is 0 Å². The van der Waals surface area contributed by atoms with E-state index < -0.39 is 0 Å². The zero-order valence-electron chi connectivity index (χ0n) is 35.7. The SMILES string of the molecule is c1cc(-c2ccc3c(c2)C2(Cc4ccccc4C2)c2cc(-c4cccc(-c5ccc6ccc7cccc8ccc5c6c78)c4)ccc2-3)cc(-c2ccc3ccc4cccc5ccc2c3c45)c1. The zero-order chi connectivity index (χ0) is 42.4. The summed E-state index contributed by atoms with van der Waals surface area (Å²) in [6.45, 7) is 0. The molecule has 300 valence electrons. The monoisotopic (exact) mass is 820 g/mol. The van der Waals surface area contributed by atoms with E-state index in [1.165, 1.54) is 143 Å². The van der Waals surface area contributed by atoms with Crippen LogP contribution in [0.2, 0.25) is 0 Å². The van der Waals surface area contributed by atoms with Gasteiger partial charge in [-0.1, -0.05) is 194 Å². The summed E-state index contributed by atoms with van der Waals surface area (Å²) in [4.78, 5) is 0. The standard InChI is InChI=1S/C65H40/c1-2-8-52-38-65(37-51(52)7-1)59-35-47(45-13-5-15-49(33-45)53-27-21-43-19-17-39-9-3-11-41-23-31-57(53)63(43)61(39)41)25-29-55(59)56-30-26-48(36-60(56)65)46-14-6-16-50(34-46)54-28-22-44-20-18-40-10-4-12-42-24-32-58(54)64(44)62(40)42/h1-36H,37-38H2. The highest BCUT2D eigenvalue weighted by Gasteiger charge is 2.47. The molecule has 0 heteroatoms. The van der Waals surface area contributed by atoms with Gasteiger partial charge in [-0.2, -0.15) is 0 Å². The Kier molecular flexibility index (Phi) is 7.08. The fourth-order valence-electron chi connectivity index (χ4n) is 12.6. The highest BCUT2D eigenvalue weighted by molar-refractivity contribution is 6.26. The molecule has 13 aromatic rings. The van der Waals surface area contributed by atoms with Crippen LogP contribution in [0.15, 0.2) is 218 Å². The van der Waals surface area contributed by atoms with Gasteiger partial charge in [0.2, 0.25) is 0 Å². The maximum absolute atomic E-state index is 2.54. The molecule has 13 aromatic carbocycles. The Morgan fingerprint density at radius 3 is 1.06 bits per heavy atom. The summed E-state index contributed by atoms with van der Waals surface area (Å²) in [5.41, 5.74) is 18.5. The van der Waals surface area contributed by atoms with Crippen molar-refractivity contribution < 1.29 is 0 Å². The Balaban J connectivity index is 0.846. The molecule has 0 amide bonds. The molecule has 0 N–H and O–H groups in total. The summed E-state index contributed by atoms with van der Waals surface area (Å²) in [5.74, 6) is 0. The first-order valence-corrected chi connectivity index (χ1v) is 23.1. The minimum atomic E-state index is -0.145. The van der Waals surface area contributed by atoms with Crippen molar-refractivity contribution >= 4 is 64.6 Å². The molecule has 0 atom stereocenters. The van der Waals surface area contributed by atoms with Crippen LogP contribution in [0.1, 0.15) is 22.3 Å². The lowest BCUT2D eigenvalue weighted by Gasteiger charge is -2.28. The van der Waals surface area contributed by atoms with Crippen LogP contribution in [0.25, 0.3) is 120 Å². The van der Waals surface area contributed by atoms with Gasteiger partial charge in [0.05, 0.1) is 0 Å². The van der Waals surface area contributed by atoms with Gasteiger partial charge in [-0.3, -0.25) is 0 Å². The minimum absolute atomic E-state index is 0.145. The first-order chi connectivity index (χ1) is 32.1. The van der Waals surface area contributed by atoms with E-state index in [2.05, 4.69) is 218 Å². The van der Waals surface area contributed by atoms with Gasteiger partial charge in [0.1, 0.15) is 0 Å². The molecule has 0 nitrogen and oxygen atoms in total. The van der Waals surface area contributed by atoms with Gasteiger partial charge >= 0.3 is 0 Å². The van der Waals surface area contributed by atoms with Gasteiger partial charge in [0.25, 0.3) is 0 Å². The molecule has 1 spiro atoms. The molecular weight excluding hydrogens is 781 g/mol. The summed E-state index contributed by atoms with van der Waals surface area (Å²) < 4.78 is 0. The smallest absolute Gasteiger partial charge is 0.0296 e. The third-order valence-electron chi connectivity index (χ3n) is 15.5. The molecule has 15 rings (SSSR count). The van der Waals surface area contributed by atoms with Crippen molar-refractivity contribution in [2.45, 2.75) is 18.3 Å². The van der Waals surface area contributed by atoms with E-state index in [-0.39, 0.29) is 5.41 Å². The quantitative estimate of drug-likeness (QED) is 0.155. The Hall–Kier alpha value is -8.06. The molecule has 0 saturated heterocycles. The first-order valence-electron chi connectivity index (χ1n) is 23.1. The lowest BCUT2D eigenvalue weighted by Crippen LogP contribution is -2.26. The zero-order valence-corrected chi connectivity index (χ0v) is 35.7. The molecule has 0 bridgehead atoms. The van der Waals surface area contributed by atoms with Crippen molar-refractivity contribution in [1.82, 2.24) is 0 Å². The highest BCUT2D eigenvalue weighted by Crippen LogP contribution is 2.57. The fraction of sp³-hybridized carbons (Fsp3) is 0.0462. The van der Waals surface area contributed by atoms with Crippen LogP contribution in [-0.4, -0.2) is 0 Å². The van der Waals surface area contributed by atoms with Crippen molar-refractivity contribution in [3.8, 4) is 55.6 Å². The van der Waals surface area contributed by atoms with E-state index in [0.717, 1.165) is 12.8 Å². The molecule has 0 saturated carbocycles. The van der Waals surface area contributed by atoms with Crippen LogP contribution in [-0.2, 0) is 18.3 Å². The number of hydrogen-bond donors (Lipinski definition) is 0. The molecule has 0 aromatic heterocycles. The van der Waals surface area contributed by atoms with E-state index in [0.29, 0.717) is 0 Å². The van der Waals surface area contributed by atoms with Gasteiger partial charge in [0, 0.05) is 5.41 Å². The van der Waals surface area contributed by atoms with Crippen molar-refractivity contribution in [2.75, 3.05) is 0 Å². The van der Waals surface area contributed by atoms with Gasteiger partial charge in [0.15, 0.2) is 0 Å². The average molecular weight is 821 g/mol. The van der Waals surface area contributed by atoms with Crippen molar-refractivity contribution in [3.63, 3.8) is 0 Å². The van der Waals surface area contributed by atoms with Crippen LogP contribution in [0.4, 0.5) is 0 Å². The van der Waals surface area contributed by atoms with E-state index in [4.69, 9.17) is 0 Å². The Bertz CT molecular complexity index is 3830. The predicted molar refractivity (Wildman–Crippen MR) is 276 cm³/mol. The van der Waals surface area contributed by atoms with Crippen LogP contribution in [0.5, 0.6) is 0 Å². The van der Waals surface area contributed by atoms with Gasteiger partial charge in [-0.25, -0.2) is 0 Å². The van der Waals surface area contributed by atoms with Gasteiger partial charge in [-0.05, 0) is 180 Å². The Morgan fingerprint density at radius 2 is 0.600 bits per heavy atom. The number of hydrogen-bond acceptors (Lipinski definition) is 0. The van der Waals surface area contributed by atoms with Crippen LogP contribution >= 0.6 is 0 Å². The second-order valence-electron chi connectivity index (χ2n) is 18.8. The normalized spacial score (nSPS) is 13.8. The van der Waals surface area contributed by atoms with Crippen molar-refractivity contribution in [1.29, 1.82) is 0 Å². The Morgan fingerprint density at radius 1 is 0.246 bits per heavy atom. The van der Waals surface area contributed by atoms with Crippen LogP contribution < -0.4 is 0 Å². The summed E-state index contributed by atoms with van der Waals surface area (Å²) >= 11 is 0. The maximum Gasteiger partial charge on any atom is 0.0296 e. The summed E-state index contributed by atoms with van der Waals surface area (Å²) in [7, 11) is 0. The van der Waals surface area contributed by atoms with E-state index >= 15 is 0 Å². The summed E-state index contributed by atoms with van der Waals surface area (Å²) in [6.07, 6.45) is 2.00. The summed E-state index contributed by atoms with van der Waals surface area (Å²) in [6, 6.07) is 83.2. The number of fused-ring (bicyclic) bond motifs is 6. The second-order valence-corrected chi connectivity index (χ2v) is 18.8. The lowest BCUT2D eigenvalue weighted by molar-refractivity contribution is 0.564. The molecular formula is C65H40. The molecule has 0 aliphatic heterocycles. The second kappa shape index (κ2) is 13.0. The lowest BCUT2D eigenvalue weighted by atomic mass is 9.74. The third-order valence-corrected chi connectivity index (χ3v) is 15.5. The predicted octanol–water partition coefficient (Wildman–Crippen LogP) is 17.2. The summed E-state index contributed by atoms with van der Waals surface area (Å²) in [5, 5.41) is 15.9. The maximum atomic E-state index is 2.54. The van der Waals surface area contributed by atoms with E-state index in [9.17, 15) is 0 Å². The van der Waals surface area contributed by atoms with Gasteiger partial charge < -0.3 is 0 Å². The Labute approximate surface area is 377 Å². The van der Waals surface area contributed by atoms with Crippen molar-refractivity contribution in [3.05, 3.63) is 241 Å². The molecule has 2 aliphatic rings.